The fourth-order valence-corrected chi connectivity index (χ4v) is 4.23. The monoisotopic (exact) mass is 446 g/mol. The minimum atomic E-state index is -0.873. The SMILES string of the molecule is Cc1cccc(C(=O)N(CCN2CCOCC2)C2CC(=O)N(c3ccc(C#N)cc3)C2=O)c1. The molecule has 0 spiro atoms. The Hall–Kier alpha value is -3.54. The van der Waals surface area contributed by atoms with Crippen LogP contribution < -0.4 is 4.90 Å². The molecule has 170 valence electrons. The van der Waals surface area contributed by atoms with E-state index in [1.165, 1.54) is 4.90 Å². The molecule has 2 heterocycles. The summed E-state index contributed by atoms with van der Waals surface area (Å²) in [6.45, 7) is 5.64. The van der Waals surface area contributed by atoms with E-state index in [4.69, 9.17) is 10.00 Å². The molecule has 4 rings (SSSR count). The summed E-state index contributed by atoms with van der Waals surface area (Å²) in [7, 11) is 0. The van der Waals surface area contributed by atoms with Gasteiger partial charge in [-0.25, -0.2) is 4.90 Å². The lowest BCUT2D eigenvalue weighted by Crippen LogP contribution is -2.49. The first-order valence-electron chi connectivity index (χ1n) is 11.0. The van der Waals surface area contributed by atoms with Crippen LogP contribution in [0.2, 0.25) is 0 Å². The molecule has 8 nitrogen and oxygen atoms in total. The maximum absolute atomic E-state index is 13.5. The smallest absolute Gasteiger partial charge is 0.257 e. The van der Waals surface area contributed by atoms with Crippen molar-refractivity contribution < 1.29 is 19.1 Å². The lowest BCUT2D eigenvalue weighted by molar-refractivity contribution is -0.122. The zero-order valence-corrected chi connectivity index (χ0v) is 18.6. The number of rotatable bonds is 6. The maximum atomic E-state index is 13.5. The molecule has 0 saturated carbocycles. The van der Waals surface area contributed by atoms with E-state index in [0.717, 1.165) is 23.6 Å². The molecule has 2 aliphatic rings. The number of amides is 3. The molecular weight excluding hydrogens is 420 g/mol. The molecule has 8 heteroatoms. The van der Waals surface area contributed by atoms with Gasteiger partial charge in [-0.1, -0.05) is 17.7 Å². The third-order valence-electron chi connectivity index (χ3n) is 6.04. The summed E-state index contributed by atoms with van der Waals surface area (Å²) in [6.07, 6.45) is -0.0699. The molecule has 0 aromatic heterocycles. The van der Waals surface area contributed by atoms with Crippen LogP contribution in [0, 0.1) is 18.3 Å². The summed E-state index contributed by atoms with van der Waals surface area (Å²) < 4.78 is 5.40. The van der Waals surface area contributed by atoms with Gasteiger partial charge in [0.2, 0.25) is 5.91 Å². The van der Waals surface area contributed by atoms with Crippen LogP contribution in [0.15, 0.2) is 48.5 Å². The summed E-state index contributed by atoms with van der Waals surface area (Å²) in [5.41, 5.74) is 2.29. The second-order valence-electron chi connectivity index (χ2n) is 8.27. The molecule has 3 amide bonds. The summed E-state index contributed by atoms with van der Waals surface area (Å²) in [4.78, 5) is 44.6. The van der Waals surface area contributed by atoms with Crippen molar-refractivity contribution in [1.29, 1.82) is 5.26 Å². The molecule has 2 fully saturated rings. The molecule has 1 atom stereocenters. The number of carbonyl (C=O) groups is 3. The Balaban J connectivity index is 1.59. The number of hydrogen-bond acceptors (Lipinski definition) is 6. The van der Waals surface area contributed by atoms with Gasteiger partial charge < -0.3 is 9.64 Å². The number of aryl methyl sites for hydroxylation is 1. The third-order valence-corrected chi connectivity index (χ3v) is 6.04. The normalized spacial score (nSPS) is 18.9. The molecule has 2 aliphatic heterocycles. The number of nitrogens with zero attached hydrogens (tertiary/aromatic N) is 4. The number of benzene rings is 2. The summed E-state index contributed by atoms with van der Waals surface area (Å²) in [5, 5.41) is 9.01. The van der Waals surface area contributed by atoms with Crippen LogP contribution in [0.4, 0.5) is 5.69 Å². The van der Waals surface area contributed by atoms with Gasteiger partial charge in [-0.2, -0.15) is 5.26 Å². The quantitative estimate of drug-likeness (QED) is 0.630. The highest BCUT2D eigenvalue weighted by atomic mass is 16.5. The van der Waals surface area contributed by atoms with Gasteiger partial charge in [0.1, 0.15) is 6.04 Å². The van der Waals surface area contributed by atoms with Crippen LogP contribution >= 0.6 is 0 Å². The van der Waals surface area contributed by atoms with E-state index < -0.39 is 11.9 Å². The Bertz CT molecular complexity index is 1090. The van der Waals surface area contributed by atoms with Crippen LogP contribution in [0.3, 0.4) is 0 Å². The Morgan fingerprint density at radius 2 is 1.88 bits per heavy atom. The second-order valence-corrected chi connectivity index (χ2v) is 8.27. The predicted molar refractivity (Wildman–Crippen MR) is 122 cm³/mol. The minimum absolute atomic E-state index is 0.0699. The molecule has 0 N–H and O–H groups in total. The summed E-state index contributed by atoms with van der Waals surface area (Å²) >= 11 is 0. The van der Waals surface area contributed by atoms with Crippen molar-refractivity contribution in [3.05, 3.63) is 65.2 Å². The van der Waals surface area contributed by atoms with E-state index in [0.29, 0.717) is 43.1 Å². The fraction of sp³-hybridized carbons (Fsp3) is 0.360. The standard InChI is InChI=1S/C25H26N4O4/c1-18-3-2-4-20(15-18)24(31)28(10-9-27-11-13-33-14-12-27)22-16-23(30)29(25(22)32)21-7-5-19(17-26)6-8-21/h2-8,15,22H,9-14,16H2,1H3. The van der Waals surface area contributed by atoms with Crippen LogP contribution in [0.1, 0.15) is 27.9 Å². The number of hydrogen-bond donors (Lipinski definition) is 0. The van der Waals surface area contributed by atoms with Crippen LogP contribution in [-0.4, -0.2) is 73.0 Å². The van der Waals surface area contributed by atoms with E-state index in [2.05, 4.69) is 4.90 Å². The van der Waals surface area contributed by atoms with Gasteiger partial charge in [0.15, 0.2) is 0 Å². The molecule has 2 aromatic carbocycles. The van der Waals surface area contributed by atoms with Gasteiger partial charge in [-0.3, -0.25) is 19.3 Å². The van der Waals surface area contributed by atoms with Crippen LogP contribution in [0.25, 0.3) is 0 Å². The number of imide groups is 1. The van der Waals surface area contributed by atoms with Crippen LogP contribution in [0.5, 0.6) is 0 Å². The van der Waals surface area contributed by atoms with Crippen molar-refractivity contribution in [2.24, 2.45) is 0 Å². The molecule has 1 unspecified atom stereocenters. The molecule has 2 aromatic rings. The Labute approximate surface area is 192 Å². The molecular formula is C25H26N4O4. The van der Waals surface area contributed by atoms with Crippen LogP contribution in [-0.2, 0) is 14.3 Å². The van der Waals surface area contributed by atoms with Crippen molar-refractivity contribution in [3.8, 4) is 6.07 Å². The number of anilines is 1. The average Bonchev–Trinajstić information content (AvgIpc) is 3.13. The zero-order chi connectivity index (χ0) is 23.4. The van der Waals surface area contributed by atoms with Crippen molar-refractivity contribution >= 4 is 23.4 Å². The van der Waals surface area contributed by atoms with Gasteiger partial charge >= 0.3 is 0 Å². The molecule has 0 aliphatic carbocycles. The maximum Gasteiger partial charge on any atom is 0.257 e. The first-order chi connectivity index (χ1) is 16.0. The van der Waals surface area contributed by atoms with E-state index >= 15 is 0 Å². The van der Waals surface area contributed by atoms with Gasteiger partial charge in [-0.05, 0) is 43.3 Å². The number of nitriles is 1. The first kappa shape index (κ1) is 22.6. The molecule has 2 saturated heterocycles. The van der Waals surface area contributed by atoms with E-state index in [-0.39, 0.29) is 18.2 Å². The fourth-order valence-electron chi connectivity index (χ4n) is 4.23. The van der Waals surface area contributed by atoms with Crippen molar-refractivity contribution in [3.63, 3.8) is 0 Å². The van der Waals surface area contributed by atoms with Crippen molar-refractivity contribution in [2.45, 2.75) is 19.4 Å². The Kier molecular flexibility index (Phi) is 6.82. The van der Waals surface area contributed by atoms with E-state index in [9.17, 15) is 14.4 Å². The number of carbonyl (C=O) groups excluding carboxylic acids is 3. The first-order valence-corrected chi connectivity index (χ1v) is 11.0. The highest BCUT2D eigenvalue weighted by molar-refractivity contribution is 6.23. The van der Waals surface area contributed by atoms with Gasteiger partial charge in [0.05, 0.1) is 37.0 Å². The van der Waals surface area contributed by atoms with E-state index in [1.54, 1.807) is 36.4 Å². The minimum Gasteiger partial charge on any atom is -0.379 e. The highest BCUT2D eigenvalue weighted by Crippen LogP contribution is 2.27. The molecule has 0 bridgehead atoms. The second kappa shape index (κ2) is 9.94. The van der Waals surface area contributed by atoms with Gasteiger partial charge in [0.25, 0.3) is 11.8 Å². The lowest BCUT2D eigenvalue weighted by Gasteiger charge is -2.32. The number of morpholine rings is 1. The topological polar surface area (TPSA) is 93.9 Å². The average molecular weight is 447 g/mol. The molecule has 33 heavy (non-hydrogen) atoms. The van der Waals surface area contributed by atoms with Gasteiger partial charge in [0, 0.05) is 31.7 Å². The van der Waals surface area contributed by atoms with E-state index in [1.807, 2.05) is 25.1 Å². The Morgan fingerprint density at radius 3 is 2.55 bits per heavy atom. The lowest BCUT2D eigenvalue weighted by atomic mass is 10.1. The molecule has 0 radical (unpaired) electrons. The van der Waals surface area contributed by atoms with Gasteiger partial charge in [-0.15, -0.1) is 0 Å². The summed E-state index contributed by atoms with van der Waals surface area (Å²) in [5.74, 6) is -1.05. The number of ether oxygens (including phenoxy) is 1. The zero-order valence-electron chi connectivity index (χ0n) is 18.6. The highest BCUT2D eigenvalue weighted by Gasteiger charge is 2.44. The Morgan fingerprint density at radius 1 is 1.15 bits per heavy atom. The third kappa shape index (κ3) is 4.95. The van der Waals surface area contributed by atoms with Crippen molar-refractivity contribution in [1.82, 2.24) is 9.80 Å². The van der Waals surface area contributed by atoms with Crippen molar-refractivity contribution in [2.75, 3.05) is 44.3 Å². The predicted octanol–water partition coefficient (Wildman–Crippen LogP) is 1.97. The summed E-state index contributed by atoms with van der Waals surface area (Å²) in [6, 6.07) is 14.7. The largest absolute Gasteiger partial charge is 0.379 e.